The molecule has 166 valence electrons. The molecule has 0 spiro atoms. The van der Waals surface area contributed by atoms with Gasteiger partial charge in [0.2, 0.25) is 5.91 Å². The van der Waals surface area contributed by atoms with Gasteiger partial charge in [-0.2, -0.15) is 0 Å². The van der Waals surface area contributed by atoms with Crippen LogP contribution >= 0.6 is 0 Å². The third kappa shape index (κ3) is 3.42. The summed E-state index contributed by atoms with van der Waals surface area (Å²) in [5, 5.41) is 9.42. The van der Waals surface area contributed by atoms with Crippen LogP contribution in [-0.4, -0.2) is 64.7 Å². The molecule has 2 atom stereocenters. The van der Waals surface area contributed by atoms with Crippen LogP contribution in [0.2, 0.25) is 0 Å². The molecule has 2 amide bonds. The molecule has 1 aliphatic carbocycles. The SMILES string of the molecule is O=C(O)[C@H]1CCCN1C(=O)[C@H]1CCCN1C(=O)OCC1c2ccccc2-c2ccccc21. The quantitative estimate of drug-likeness (QED) is 0.796. The number of fused-ring (bicyclic) bond motifs is 3. The van der Waals surface area contributed by atoms with E-state index in [2.05, 4.69) is 24.3 Å². The number of carboxylic acids is 1. The summed E-state index contributed by atoms with van der Waals surface area (Å²) in [5.74, 6) is -1.31. The molecule has 7 nitrogen and oxygen atoms in total. The number of carboxylic acid groups (broad SMARTS) is 1. The fraction of sp³-hybridized carbons (Fsp3) is 0.400. The molecule has 0 bridgehead atoms. The van der Waals surface area contributed by atoms with Gasteiger partial charge in [-0.05, 0) is 47.9 Å². The molecule has 2 saturated heterocycles. The Hall–Kier alpha value is -3.35. The minimum absolute atomic E-state index is 0.0434. The second-order valence-electron chi connectivity index (χ2n) is 8.68. The molecule has 0 saturated carbocycles. The summed E-state index contributed by atoms with van der Waals surface area (Å²) >= 11 is 0. The van der Waals surface area contributed by atoms with E-state index in [1.165, 1.54) is 9.80 Å². The van der Waals surface area contributed by atoms with Gasteiger partial charge >= 0.3 is 12.1 Å². The van der Waals surface area contributed by atoms with Gasteiger partial charge in [-0.1, -0.05) is 48.5 Å². The van der Waals surface area contributed by atoms with Crippen LogP contribution in [0.4, 0.5) is 4.79 Å². The van der Waals surface area contributed by atoms with Gasteiger partial charge in [0.15, 0.2) is 0 Å². The number of ether oxygens (including phenoxy) is 1. The number of likely N-dealkylation sites (tertiary alicyclic amines) is 2. The van der Waals surface area contributed by atoms with E-state index in [0.717, 1.165) is 22.3 Å². The molecule has 0 radical (unpaired) electrons. The van der Waals surface area contributed by atoms with Crippen molar-refractivity contribution in [2.75, 3.05) is 19.7 Å². The molecule has 2 fully saturated rings. The lowest BCUT2D eigenvalue weighted by Crippen LogP contribution is -2.51. The highest BCUT2D eigenvalue weighted by molar-refractivity contribution is 5.90. The fourth-order valence-corrected chi connectivity index (χ4v) is 5.40. The Morgan fingerprint density at radius 2 is 1.41 bits per heavy atom. The van der Waals surface area contributed by atoms with Crippen LogP contribution in [0.5, 0.6) is 0 Å². The van der Waals surface area contributed by atoms with Gasteiger partial charge in [-0.25, -0.2) is 9.59 Å². The molecule has 2 aromatic rings. The van der Waals surface area contributed by atoms with Crippen LogP contribution in [0.1, 0.15) is 42.7 Å². The third-order valence-electron chi connectivity index (χ3n) is 6.93. The highest BCUT2D eigenvalue weighted by atomic mass is 16.6. The zero-order valence-electron chi connectivity index (χ0n) is 17.8. The maximum absolute atomic E-state index is 13.1. The first-order valence-electron chi connectivity index (χ1n) is 11.2. The first-order chi connectivity index (χ1) is 15.6. The highest BCUT2D eigenvalue weighted by Crippen LogP contribution is 2.44. The number of carbonyl (C=O) groups excluding carboxylic acids is 2. The molecule has 5 rings (SSSR count). The van der Waals surface area contributed by atoms with E-state index in [9.17, 15) is 19.5 Å². The minimum Gasteiger partial charge on any atom is -0.480 e. The van der Waals surface area contributed by atoms with Crippen molar-refractivity contribution in [1.82, 2.24) is 9.80 Å². The highest BCUT2D eigenvalue weighted by Gasteiger charge is 2.43. The van der Waals surface area contributed by atoms with Crippen molar-refractivity contribution in [3.05, 3.63) is 59.7 Å². The molecule has 3 aliphatic rings. The molecule has 1 N–H and O–H groups in total. The normalized spacial score (nSPS) is 22.0. The zero-order chi connectivity index (χ0) is 22.2. The summed E-state index contributed by atoms with van der Waals surface area (Å²) in [7, 11) is 0. The van der Waals surface area contributed by atoms with Gasteiger partial charge in [-0.15, -0.1) is 0 Å². The Balaban J connectivity index is 1.29. The fourth-order valence-electron chi connectivity index (χ4n) is 5.40. The van der Waals surface area contributed by atoms with Gasteiger partial charge in [-0.3, -0.25) is 9.69 Å². The van der Waals surface area contributed by atoms with Gasteiger partial charge in [0.1, 0.15) is 18.7 Å². The van der Waals surface area contributed by atoms with Gasteiger partial charge in [0.25, 0.3) is 0 Å². The Kier molecular flexibility index (Phi) is 5.33. The predicted octanol–water partition coefficient (Wildman–Crippen LogP) is 3.48. The Morgan fingerprint density at radius 3 is 2.03 bits per heavy atom. The second kappa shape index (κ2) is 8.30. The molecular weight excluding hydrogens is 408 g/mol. The number of amides is 2. The number of benzene rings is 2. The Labute approximate surface area is 186 Å². The molecule has 2 aliphatic heterocycles. The van der Waals surface area contributed by atoms with E-state index >= 15 is 0 Å². The van der Waals surface area contributed by atoms with E-state index in [4.69, 9.17) is 4.74 Å². The minimum atomic E-state index is -0.985. The smallest absolute Gasteiger partial charge is 0.410 e. The number of hydrogen-bond acceptors (Lipinski definition) is 4. The summed E-state index contributed by atoms with van der Waals surface area (Å²) in [6.45, 7) is 1.06. The van der Waals surface area contributed by atoms with Crippen molar-refractivity contribution < 1.29 is 24.2 Å². The lowest BCUT2D eigenvalue weighted by molar-refractivity contribution is -0.149. The van der Waals surface area contributed by atoms with E-state index in [-0.39, 0.29) is 18.4 Å². The molecule has 2 aromatic carbocycles. The van der Waals surface area contributed by atoms with Crippen molar-refractivity contribution in [3.63, 3.8) is 0 Å². The Bertz CT molecular complexity index is 1020. The van der Waals surface area contributed by atoms with Gasteiger partial charge in [0.05, 0.1) is 0 Å². The monoisotopic (exact) mass is 434 g/mol. The van der Waals surface area contributed by atoms with Crippen LogP contribution in [0, 0.1) is 0 Å². The topological polar surface area (TPSA) is 87.2 Å². The zero-order valence-corrected chi connectivity index (χ0v) is 17.8. The predicted molar refractivity (Wildman–Crippen MR) is 117 cm³/mol. The lowest BCUT2D eigenvalue weighted by Gasteiger charge is -2.29. The maximum atomic E-state index is 13.1. The number of rotatable bonds is 4. The van der Waals surface area contributed by atoms with Crippen LogP contribution in [0.3, 0.4) is 0 Å². The van der Waals surface area contributed by atoms with Gasteiger partial charge in [0, 0.05) is 19.0 Å². The van der Waals surface area contributed by atoms with Crippen molar-refractivity contribution in [3.8, 4) is 11.1 Å². The summed E-state index contributed by atoms with van der Waals surface area (Å²) < 4.78 is 5.74. The third-order valence-corrected chi connectivity index (χ3v) is 6.93. The van der Waals surface area contributed by atoms with Crippen LogP contribution in [0.15, 0.2) is 48.5 Å². The van der Waals surface area contributed by atoms with Crippen molar-refractivity contribution in [1.29, 1.82) is 0 Å². The number of aliphatic carboxylic acids is 1. The summed E-state index contributed by atoms with van der Waals surface area (Å²) in [6.07, 6.45) is 1.85. The number of hydrogen-bond donors (Lipinski definition) is 1. The van der Waals surface area contributed by atoms with E-state index in [1.54, 1.807) is 0 Å². The van der Waals surface area contributed by atoms with E-state index in [0.29, 0.717) is 38.8 Å². The van der Waals surface area contributed by atoms with Crippen LogP contribution in [-0.2, 0) is 14.3 Å². The van der Waals surface area contributed by atoms with Crippen molar-refractivity contribution in [2.24, 2.45) is 0 Å². The standard InChI is InChI=1S/C25H26N2O5/c28-23(26-13-6-12-22(26)24(29)30)21-11-5-14-27(21)25(31)32-15-20-18-9-3-1-7-16(18)17-8-2-4-10-19(17)20/h1-4,7-10,20-22H,5-6,11-15H2,(H,29,30)/t21-,22-/m1/s1. The molecule has 7 heteroatoms. The molecule has 0 aromatic heterocycles. The van der Waals surface area contributed by atoms with Gasteiger partial charge < -0.3 is 14.7 Å². The summed E-state index contributed by atoms with van der Waals surface area (Å²) in [5.41, 5.74) is 4.59. The van der Waals surface area contributed by atoms with E-state index < -0.39 is 24.1 Å². The average Bonchev–Trinajstić information content (AvgIpc) is 3.55. The largest absolute Gasteiger partial charge is 0.480 e. The molecular formula is C25H26N2O5. The number of nitrogens with zero attached hydrogens (tertiary/aromatic N) is 2. The average molecular weight is 434 g/mol. The summed E-state index contributed by atoms with van der Waals surface area (Å²) in [4.78, 5) is 40.5. The van der Waals surface area contributed by atoms with Crippen molar-refractivity contribution in [2.45, 2.75) is 43.7 Å². The second-order valence-corrected chi connectivity index (χ2v) is 8.68. The van der Waals surface area contributed by atoms with Crippen LogP contribution in [0.25, 0.3) is 11.1 Å². The maximum Gasteiger partial charge on any atom is 0.410 e. The van der Waals surface area contributed by atoms with Crippen LogP contribution < -0.4 is 0 Å². The first-order valence-corrected chi connectivity index (χ1v) is 11.2. The molecule has 2 heterocycles. The Morgan fingerprint density at radius 1 is 0.844 bits per heavy atom. The molecule has 0 unspecified atom stereocenters. The lowest BCUT2D eigenvalue weighted by atomic mass is 9.98. The van der Waals surface area contributed by atoms with Crippen molar-refractivity contribution >= 4 is 18.0 Å². The summed E-state index contributed by atoms with van der Waals surface area (Å²) in [6, 6.07) is 14.8. The number of carbonyl (C=O) groups is 3. The molecule has 32 heavy (non-hydrogen) atoms. The first kappa shape index (κ1) is 20.5. The van der Waals surface area contributed by atoms with E-state index in [1.807, 2.05) is 24.3 Å².